The standard InChI is InChI=1S/C8H18O2Si/c1-8(2)10-11(3)6-4-5-9-7-11/h8H,4-7H2,1-3H3. The van der Waals surface area contributed by atoms with Crippen LogP contribution in [0.3, 0.4) is 0 Å². The summed E-state index contributed by atoms with van der Waals surface area (Å²) in [5.41, 5.74) is 0. The average Bonchev–Trinajstić information content (AvgIpc) is 1.85. The van der Waals surface area contributed by atoms with Crippen molar-refractivity contribution in [2.24, 2.45) is 0 Å². The second-order valence-electron chi connectivity index (χ2n) is 3.77. The fraction of sp³-hybridized carbons (Fsp3) is 1.00. The molecule has 1 atom stereocenters. The monoisotopic (exact) mass is 174 g/mol. The lowest BCUT2D eigenvalue weighted by Gasteiger charge is -2.32. The maximum Gasteiger partial charge on any atom is 0.215 e. The van der Waals surface area contributed by atoms with E-state index in [1.165, 1.54) is 12.5 Å². The minimum Gasteiger partial charge on any atom is -0.412 e. The first-order chi connectivity index (χ1) is 5.12. The number of ether oxygens (including phenoxy) is 1. The van der Waals surface area contributed by atoms with Crippen LogP contribution in [0.5, 0.6) is 0 Å². The first-order valence-electron chi connectivity index (χ1n) is 4.38. The highest BCUT2D eigenvalue weighted by Gasteiger charge is 2.32. The van der Waals surface area contributed by atoms with Gasteiger partial charge in [-0.05, 0) is 32.9 Å². The van der Waals surface area contributed by atoms with Gasteiger partial charge in [-0.15, -0.1) is 0 Å². The maximum absolute atomic E-state index is 5.89. The quantitative estimate of drug-likeness (QED) is 0.596. The van der Waals surface area contributed by atoms with Crippen LogP contribution in [0, 0.1) is 0 Å². The van der Waals surface area contributed by atoms with E-state index < -0.39 is 8.32 Å². The molecule has 0 aromatic carbocycles. The van der Waals surface area contributed by atoms with Gasteiger partial charge in [0.05, 0.1) is 6.23 Å². The van der Waals surface area contributed by atoms with E-state index >= 15 is 0 Å². The van der Waals surface area contributed by atoms with Crippen LogP contribution in [-0.2, 0) is 9.16 Å². The van der Waals surface area contributed by atoms with Crippen molar-refractivity contribution in [2.45, 2.75) is 39.0 Å². The molecule has 66 valence electrons. The molecule has 0 spiro atoms. The first-order valence-corrected chi connectivity index (χ1v) is 7.20. The molecule has 0 N–H and O–H groups in total. The fourth-order valence-electron chi connectivity index (χ4n) is 1.57. The lowest BCUT2D eigenvalue weighted by Crippen LogP contribution is -2.45. The number of hydrogen-bond donors (Lipinski definition) is 0. The summed E-state index contributed by atoms with van der Waals surface area (Å²) in [4.78, 5) is 0. The van der Waals surface area contributed by atoms with Gasteiger partial charge in [0.2, 0.25) is 8.32 Å². The molecule has 1 heterocycles. The van der Waals surface area contributed by atoms with Gasteiger partial charge in [-0.25, -0.2) is 0 Å². The van der Waals surface area contributed by atoms with Gasteiger partial charge in [0.15, 0.2) is 0 Å². The van der Waals surface area contributed by atoms with Gasteiger partial charge in [-0.1, -0.05) is 0 Å². The van der Waals surface area contributed by atoms with Crippen LogP contribution >= 0.6 is 0 Å². The largest absolute Gasteiger partial charge is 0.412 e. The van der Waals surface area contributed by atoms with Crippen LogP contribution in [0.4, 0.5) is 0 Å². The third-order valence-electron chi connectivity index (χ3n) is 1.92. The normalized spacial score (nSPS) is 32.7. The van der Waals surface area contributed by atoms with Crippen molar-refractivity contribution in [1.29, 1.82) is 0 Å². The van der Waals surface area contributed by atoms with Crippen LogP contribution in [-0.4, -0.2) is 27.3 Å². The molecule has 0 saturated carbocycles. The molecule has 1 saturated heterocycles. The predicted molar refractivity (Wildman–Crippen MR) is 48.1 cm³/mol. The van der Waals surface area contributed by atoms with Crippen molar-refractivity contribution in [3.05, 3.63) is 0 Å². The Labute approximate surface area is 70.0 Å². The van der Waals surface area contributed by atoms with Crippen LogP contribution < -0.4 is 0 Å². The number of hydrogen-bond acceptors (Lipinski definition) is 2. The van der Waals surface area contributed by atoms with E-state index in [0.717, 1.165) is 12.8 Å². The SMILES string of the molecule is CC(C)O[Si]1(C)CCCOC1. The zero-order valence-electron chi connectivity index (χ0n) is 7.72. The molecule has 11 heavy (non-hydrogen) atoms. The summed E-state index contributed by atoms with van der Waals surface area (Å²) in [5.74, 6) is 0. The average molecular weight is 174 g/mol. The molecule has 1 rings (SSSR count). The van der Waals surface area contributed by atoms with Crippen molar-refractivity contribution < 1.29 is 9.16 Å². The van der Waals surface area contributed by atoms with Gasteiger partial charge in [0.1, 0.15) is 0 Å². The summed E-state index contributed by atoms with van der Waals surface area (Å²) in [6, 6.07) is 1.27. The molecule has 0 amide bonds. The Hall–Kier alpha value is 0.137. The number of rotatable bonds is 2. The van der Waals surface area contributed by atoms with E-state index in [1.54, 1.807) is 0 Å². The Morgan fingerprint density at radius 1 is 1.45 bits per heavy atom. The molecule has 1 unspecified atom stereocenters. The summed E-state index contributed by atoms with van der Waals surface area (Å²) in [6.07, 6.45) is 2.45. The van der Waals surface area contributed by atoms with E-state index in [9.17, 15) is 0 Å². The van der Waals surface area contributed by atoms with E-state index in [0.29, 0.717) is 6.10 Å². The first kappa shape index (κ1) is 9.23. The highest BCUT2D eigenvalue weighted by molar-refractivity contribution is 6.72. The summed E-state index contributed by atoms with van der Waals surface area (Å²) in [5, 5.41) is 0. The minimum atomic E-state index is -1.42. The van der Waals surface area contributed by atoms with Crippen molar-refractivity contribution in [3.8, 4) is 0 Å². The van der Waals surface area contributed by atoms with Gasteiger partial charge in [-0.3, -0.25) is 0 Å². The third-order valence-corrected chi connectivity index (χ3v) is 5.19. The van der Waals surface area contributed by atoms with Gasteiger partial charge >= 0.3 is 0 Å². The van der Waals surface area contributed by atoms with Crippen molar-refractivity contribution >= 4 is 8.32 Å². The Morgan fingerprint density at radius 2 is 2.18 bits per heavy atom. The van der Waals surface area contributed by atoms with E-state index in [1.807, 2.05) is 0 Å². The van der Waals surface area contributed by atoms with Gasteiger partial charge in [0.25, 0.3) is 0 Å². The zero-order valence-corrected chi connectivity index (χ0v) is 8.72. The fourth-order valence-corrected chi connectivity index (χ4v) is 4.51. The van der Waals surface area contributed by atoms with E-state index in [2.05, 4.69) is 20.4 Å². The molecule has 0 radical (unpaired) electrons. The second kappa shape index (κ2) is 3.69. The van der Waals surface area contributed by atoms with Crippen LogP contribution in [0.2, 0.25) is 12.6 Å². The Morgan fingerprint density at radius 3 is 2.64 bits per heavy atom. The van der Waals surface area contributed by atoms with Crippen LogP contribution in [0.25, 0.3) is 0 Å². The van der Waals surface area contributed by atoms with E-state index in [-0.39, 0.29) is 0 Å². The van der Waals surface area contributed by atoms with Gasteiger partial charge < -0.3 is 9.16 Å². The Bertz CT molecular complexity index is 119. The van der Waals surface area contributed by atoms with Crippen LogP contribution in [0.1, 0.15) is 20.3 Å². The van der Waals surface area contributed by atoms with Crippen molar-refractivity contribution in [3.63, 3.8) is 0 Å². The minimum absolute atomic E-state index is 0.369. The molecular formula is C8H18O2Si. The Kier molecular flexibility index (Phi) is 3.10. The molecule has 1 aliphatic heterocycles. The zero-order chi connectivity index (χ0) is 8.32. The smallest absolute Gasteiger partial charge is 0.215 e. The summed E-state index contributed by atoms with van der Waals surface area (Å²) >= 11 is 0. The summed E-state index contributed by atoms with van der Waals surface area (Å²) in [7, 11) is -1.42. The summed E-state index contributed by atoms with van der Waals surface area (Å²) < 4.78 is 11.3. The molecule has 0 bridgehead atoms. The van der Waals surface area contributed by atoms with Crippen molar-refractivity contribution in [2.75, 3.05) is 12.8 Å². The predicted octanol–water partition coefficient (Wildman–Crippen LogP) is 1.95. The van der Waals surface area contributed by atoms with Crippen molar-refractivity contribution in [1.82, 2.24) is 0 Å². The van der Waals surface area contributed by atoms with E-state index in [4.69, 9.17) is 9.16 Å². The maximum atomic E-state index is 5.89. The van der Waals surface area contributed by atoms with Gasteiger partial charge in [0, 0.05) is 12.7 Å². The summed E-state index contributed by atoms with van der Waals surface area (Å²) in [6.45, 7) is 7.41. The highest BCUT2D eigenvalue weighted by Crippen LogP contribution is 2.20. The molecular weight excluding hydrogens is 156 g/mol. The molecule has 1 fully saturated rings. The second-order valence-corrected chi connectivity index (χ2v) is 7.70. The highest BCUT2D eigenvalue weighted by atomic mass is 28.4. The molecule has 3 heteroatoms. The molecule has 0 aromatic rings. The molecule has 0 aromatic heterocycles. The topological polar surface area (TPSA) is 18.5 Å². The molecule has 0 aliphatic carbocycles. The Balaban J connectivity index is 2.37. The van der Waals surface area contributed by atoms with Gasteiger partial charge in [-0.2, -0.15) is 0 Å². The third kappa shape index (κ3) is 2.93. The molecule has 2 nitrogen and oxygen atoms in total. The molecule has 1 aliphatic rings. The van der Waals surface area contributed by atoms with Crippen LogP contribution in [0.15, 0.2) is 0 Å². The lowest BCUT2D eigenvalue weighted by atomic mass is 10.5. The lowest BCUT2D eigenvalue weighted by molar-refractivity contribution is 0.120.